The molecule has 0 fully saturated rings. The molecule has 0 unspecified atom stereocenters. The average molecular weight is 500 g/mol. The van der Waals surface area contributed by atoms with Gasteiger partial charge in [0.25, 0.3) is 5.91 Å². The van der Waals surface area contributed by atoms with Crippen molar-refractivity contribution in [3.05, 3.63) is 71.0 Å². The molecule has 0 radical (unpaired) electrons. The molecule has 0 spiro atoms. The normalized spacial score (nSPS) is 12.5. The van der Waals surface area contributed by atoms with Gasteiger partial charge >= 0.3 is 0 Å². The number of carbonyl (C=O) groups is 1. The van der Waals surface area contributed by atoms with Gasteiger partial charge in [-0.3, -0.25) is 4.79 Å². The number of fused-ring (bicyclic) bond motifs is 1. The highest BCUT2D eigenvalue weighted by Crippen LogP contribution is 2.20. The fourth-order valence-corrected chi connectivity index (χ4v) is 6.32. The number of nitrogens with zero attached hydrogens (tertiary/aromatic N) is 3. The zero-order valence-electron chi connectivity index (χ0n) is 20.2. The Balaban J connectivity index is 1.91. The highest BCUT2D eigenvalue weighted by atomic mass is 32.2. The minimum Gasteiger partial charge on any atom is -0.312 e. The van der Waals surface area contributed by atoms with E-state index in [1.54, 1.807) is 22.5 Å². The van der Waals surface area contributed by atoms with Crippen LogP contribution < -0.4 is 4.80 Å². The van der Waals surface area contributed by atoms with Crippen LogP contribution in [0.25, 0.3) is 10.2 Å². The van der Waals surface area contributed by atoms with Gasteiger partial charge in [0.1, 0.15) is 0 Å². The first-order valence-electron chi connectivity index (χ1n) is 11.7. The number of rotatable bonds is 11. The number of amides is 1. The van der Waals surface area contributed by atoms with Gasteiger partial charge < -0.3 is 4.57 Å². The molecular weight excluding hydrogens is 466 g/mol. The van der Waals surface area contributed by atoms with Gasteiger partial charge in [0.05, 0.1) is 15.1 Å². The summed E-state index contributed by atoms with van der Waals surface area (Å²) in [7, 11) is -3.60. The number of allylic oxidation sites excluding steroid dienone is 1. The molecule has 1 aromatic heterocycles. The maximum absolute atomic E-state index is 13.2. The van der Waals surface area contributed by atoms with E-state index in [-0.39, 0.29) is 4.90 Å². The van der Waals surface area contributed by atoms with Crippen LogP contribution in [0.5, 0.6) is 0 Å². The number of benzene rings is 2. The third-order valence-corrected chi connectivity index (χ3v) is 8.56. The maximum atomic E-state index is 13.2. The van der Waals surface area contributed by atoms with Crippen molar-refractivity contribution in [1.29, 1.82) is 0 Å². The molecule has 0 aliphatic rings. The Morgan fingerprint density at radius 1 is 1.09 bits per heavy atom. The Morgan fingerprint density at radius 2 is 1.74 bits per heavy atom. The second-order valence-corrected chi connectivity index (χ2v) is 11.3. The van der Waals surface area contributed by atoms with Gasteiger partial charge in [-0.25, -0.2) is 8.42 Å². The quantitative estimate of drug-likeness (QED) is 0.326. The van der Waals surface area contributed by atoms with Gasteiger partial charge in [0.2, 0.25) is 10.0 Å². The zero-order chi connectivity index (χ0) is 24.7. The molecule has 3 aromatic rings. The van der Waals surface area contributed by atoms with Gasteiger partial charge in [-0.1, -0.05) is 50.2 Å². The van der Waals surface area contributed by atoms with E-state index in [2.05, 4.69) is 17.6 Å². The molecule has 182 valence electrons. The second-order valence-electron chi connectivity index (χ2n) is 8.31. The van der Waals surface area contributed by atoms with Crippen molar-refractivity contribution in [2.75, 3.05) is 13.1 Å². The topological polar surface area (TPSA) is 71.7 Å². The van der Waals surface area contributed by atoms with Gasteiger partial charge in [0.15, 0.2) is 4.80 Å². The first-order chi connectivity index (χ1) is 16.3. The largest absolute Gasteiger partial charge is 0.312 e. The summed E-state index contributed by atoms with van der Waals surface area (Å²) in [6.45, 7) is 11.5. The Morgan fingerprint density at radius 3 is 2.32 bits per heavy atom. The van der Waals surface area contributed by atoms with Gasteiger partial charge in [-0.2, -0.15) is 9.30 Å². The Bertz CT molecular complexity index is 1310. The number of sulfonamides is 1. The molecule has 34 heavy (non-hydrogen) atoms. The summed E-state index contributed by atoms with van der Waals surface area (Å²) >= 11 is 1.45. The van der Waals surface area contributed by atoms with E-state index in [1.165, 1.54) is 23.5 Å². The summed E-state index contributed by atoms with van der Waals surface area (Å²) in [4.78, 5) is 18.1. The van der Waals surface area contributed by atoms with Gasteiger partial charge in [-0.15, -0.1) is 6.58 Å². The van der Waals surface area contributed by atoms with Crippen LogP contribution in [0.2, 0.25) is 0 Å². The smallest absolute Gasteiger partial charge is 0.279 e. The van der Waals surface area contributed by atoms with E-state index in [1.807, 2.05) is 37.5 Å². The van der Waals surface area contributed by atoms with E-state index in [0.29, 0.717) is 30.0 Å². The Labute approximate surface area is 206 Å². The molecule has 0 saturated heterocycles. The summed E-state index contributed by atoms with van der Waals surface area (Å²) in [5.74, 6) is -0.404. The lowest BCUT2D eigenvalue weighted by molar-refractivity contribution is 0.0997. The molecule has 1 heterocycles. The third kappa shape index (κ3) is 5.92. The van der Waals surface area contributed by atoms with Gasteiger partial charge in [0, 0.05) is 25.2 Å². The molecular formula is C26H33N3O3S2. The molecule has 6 nitrogen and oxygen atoms in total. The van der Waals surface area contributed by atoms with E-state index in [4.69, 9.17) is 0 Å². The van der Waals surface area contributed by atoms with Crippen molar-refractivity contribution in [2.45, 2.75) is 57.9 Å². The summed E-state index contributed by atoms with van der Waals surface area (Å²) in [5, 5.41) is 0. The van der Waals surface area contributed by atoms with Crippen molar-refractivity contribution in [3.8, 4) is 0 Å². The fraction of sp³-hybridized carbons (Fsp3) is 0.385. The average Bonchev–Trinajstić information content (AvgIpc) is 3.15. The molecule has 0 saturated carbocycles. The van der Waals surface area contributed by atoms with Crippen LogP contribution in [0, 0.1) is 6.92 Å². The van der Waals surface area contributed by atoms with E-state index in [0.717, 1.165) is 41.5 Å². The predicted octanol–water partition coefficient (Wildman–Crippen LogP) is 5.53. The number of hydrogen-bond donors (Lipinski definition) is 0. The Hall–Kier alpha value is -2.55. The van der Waals surface area contributed by atoms with E-state index < -0.39 is 15.9 Å². The molecule has 0 bridgehead atoms. The van der Waals surface area contributed by atoms with Crippen molar-refractivity contribution < 1.29 is 13.2 Å². The fourth-order valence-electron chi connectivity index (χ4n) is 3.66. The SMILES string of the molecule is C=CCn1c(=NC(=O)c2ccc(S(=O)(=O)N(CCCC)CCCC)cc2)sc2cc(C)ccc21. The first kappa shape index (κ1) is 26.1. The monoisotopic (exact) mass is 499 g/mol. The molecule has 0 N–H and O–H groups in total. The van der Waals surface area contributed by atoms with Crippen LogP contribution >= 0.6 is 11.3 Å². The molecule has 3 rings (SSSR count). The van der Waals surface area contributed by atoms with Crippen LogP contribution in [0.1, 0.15) is 55.5 Å². The number of aryl methyl sites for hydroxylation is 1. The lowest BCUT2D eigenvalue weighted by Gasteiger charge is -2.22. The van der Waals surface area contributed by atoms with Crippen LogP contribution in [-0.4, -0.2) is 36.3 Å². The second kappa shape index (κ2) is 11.7. The number of unbranched alkanes of at least 4 members (excludes halogenated alkanes) is 2. The van der Waals surface area contributed by atoms with Crippen LogP contribution in [0.15, 0.2) is 65.0 Å². The summed E-state index contributed by atoms with van der Waals surface area (Å²) in [6, 6.07) is 12.2. The lowest BCUT2D eigenvalue weighted by Crippen LogP contribution is -2.33. The molecule has 0 atom stereocenters. The highest BCUT2D eigenvalue weighted by molar-refractivity contribution is 7.89. The van der Waals surface area contributed by atoms with Gasteiger partial charge in [-0.05, 0) is 61.7 Å². The summed E-state index contributed by atoms with van der Waals surface area (Å²) < 4.78 is 30.9. The first-order valence-corrected chi connectivity index (χ1v) is 14.0. The molecule has 2 aromatic carbocycles. The number of thiazole rings is 1. The Kier molecular flexibility index (Phi) is 8.99. The van der Waals surface area contributed by atoms with Crippen LogP contribution in [-0.2, 0) is 16.6 Å². The minimum atomic E-state index is -3.60. The number of carbonyl (C=O) groups excluding carboxylic acids is 1. The minimum absolute atomic E-state index is 0.204. The maximum Gasteiger partial charge on any atom is 0.279 e. The van der Waals surface area contributed by atoms with Crippen molar-refractivity contribution in [2.24, 2.45) is 4.99 Å². The lowest BCUT2D eigenvalue weighted by atomic mass is 10.2. The predicted molar refractivity (Wildman–Crippen MR) is 140 cm³/mol. The molecule has 8 heteroatoms. The molecule has 0 aliphatic heterocycles. The zero-order valence-corrected chi connectivity index (χ0v) is 21.8. The standard InChI is InChI=1S/C26H33N3O3S2/c1-5-8-17-28(18-9-6-2)34(31,32)22-13-11-21(12-14-22)25(30)27-26-29(16-7-3)23-15-10-20(4)19-24(23)33-26/h7,10-15,19H,3,5-6,8-9,16-18H2,1-2,4H3. The molecule has 0 aliphatic carbocycles. The van der Waals surface area contributed by atoms with Crippen LogP contribution in [0.3, 0.4) is 0 Å². The van der Waals surface area contributed by atoms with Crippen molar-refractivity contribution in [1.82, 2.24) is 8.87 Å². The van der Waals surface area contributed by atoms with Crippen LogP contribution in [0.4, 0.5) is 0 Å². The third-order valence-electron chi connectivity index (χ3n) is 5.61. The summed E-state index contributed by atoms with van der Waals surface area (Å²) in [5.41, 5.74) is 2.50. The molecule has 1 amide bonds. The van der Waals surface area contributed by atoms with E-state index >= 15 is 0 Å². The van der Waals surface area contributed by atoms with Crippen molar-refractivity contribution in [3.63, 3.8) is 0 Å². The van der Waals surface area contributed by atoms with E-state index in [9.17, 15) is 13.2 Å². The summed E-state index contributed by atoms with van der Waals surface area (Å²) in [6.07, 6.45) is 5.26. The number of aromatic nitrogens is 1. The van der Waals surface area contributed by atoms with Crippen molar-refractivity contribution >= 4 is 37.5 Å². The highest BCUT2D eigenvalue weighted by Gasteiger charge is 2.23. The number of hydrogen-bond acceptors (Lipinski definition) is 4.